The molecule has 0 fully saturated rings. The van der Waals surface area contributed by atoms with E-state index in [-0.39, 0.29) is 6.42 Å². The van der Waals surface area contributed by atoms with Crippen LogP contribution in [0.1, 0.15) is 40.0 Å². The summed E-state index contributed by atoms with van der Waals surface area (Å²) in [6, 6.07) is 18.8. The van der Waals surface area contributed by atoms with Crippen LogP contribution in [0.4, 0.5) is 5.69 Å². The van der Waals surface area contributed by atoms with Gasteiger partial charge >= 0.3 is 5.97 Å². The molecule has 0 radical (unpaired) electrons. The van der Waals surface area contributed by atoms with Crippen LogP contribution in [0.3, 0.4) is 0 Å². The molecule has 1 aliphatic rings. The Hall–Kier alpha value is -2.91. The van der Waals surface area contributed by atoms with Crippen molar-refractivity contribution in [1.82, 2.24) is 4.90 Å². The van der Waals surface area contributed by atoms with Crippen LogP contribution < -0.4 is 5.32 Å². The molecule has 2 unspecified atom stereocenters. The molecule has 2 amide bonds. The zero-order valence-electron chi connectivity index (χ0n) is 16.7. The molecule has 32 heavy (non-hydrogen) atoms. The van der Waals surface area contributed by atoms with Gasteiger partial charge in [0.25, 0.3) is 11.8 Å². The SMILES string of the molecule is O=C(O)CC(c1ccccc1)N1C(=O)c2cc(I)ccc2NC(=O)C1c1ccc(Cl)cc1. The lowest BCUT2D eigenvalue weighted by Crippen LogP contribution is -2.42. The van der Waals surface area contributed by atoms with E-state index in [2.05, 4.69) is 27.9 Å². The average Bonchev–Trinajstić information content (AvgIpc) is 2.87. The summed E-state index contributed by atoms with van der Waals surface area (Å²) in [4.78, 5) is 40.5. The number of fused-ring (bicyclic) bond motifs is 1. The second-order valence-corrected chi connectivity index (χ2v) is 9.05. The smallest absolute Gasteiger partial charge is 0.305 e. The number of carboxylic acids is 1. The first-order valence-corrected chi connectivity index (χ1v) is 11.3. The summed E-state index contributed by atoms with van der Waals surface area (Å²) in [6.07, 6.45) is -0.355. The van der Waals surface area contributed by atoms with Crippen molar-refractivity contribution in [3.63, 3.8) is 0 Å². The summed E-state index contributed by atoms with van der Waals surface area (Å²) in [6.45, 7) is 0. The summed E-state index contributed by atoms with van der Waals surface area (Å²) in [5, 5.41) is 13.0. The Morgan fingerprint density at radius 2 is 1.75 bits per heavy atom. The van der Waals surface area contributed by atoms with E-state index in [0.29, 0.717) is 27.4 Å². The number of benzene rings is 3. The van der Waals surface area contributed by atoms with Crippen LogP contribution in [-0.2, 0) is 9.59 Å². The number of amides is 2. The third-order valence-corrected chi connectivity index (χ3v) is 6.23. The predicted molar refractivity (Wildman–Crippen MR) is 130 cm³/mol. The monoisotopic (exact) mass is 560 g/mol. The van der Waals surface area contributed by atoms with Crippen molar-refractivity contribution in [1.29, 1.82) is 0 Å². The molecule has 0 aliphatic carbocycles. The number of nitrogens with one attached hydrogen (secondary N) is 1. The molecule has 0 spiro atoms. The van der Waals surface area contributed by atoms with Crippen molar-refractivity contribution < 1.29 is 19.5 Å². The molecule has 0 saturated carbocycles. The van der Waals surface area contributed by atoms with Crippen LogP contribution in [0.5, 0.6) is 0 Å². The van der Waals surface area contributed by atoms with Gasteiger partial charge in [0, 0.05) is 8.59 Å². The van der Waals surface area contributed by atoms with Gasteiger partial charge in [-0.1, -0.05) is 54.1 Å². The van der Waals surface area contributed by atoms with Gasteiger partial charge in [0.1, 0.15) is 6.04 Å². The van der Waals surface area contributed by atoms with Gasteiger partial charge in [-0.05, 0) is 64.0 Å². The van der Waals surface area contributed by atoms with Crippen LogP contribution in [0, 0.1) is 3.57 Å². The largest absolute Gasteiger partial charge is 0.481 e. The molecule has 2 atom stereocenters. The Morgan fingerprint density at radius 1 is 1.06 bits per heavy atom. The van der Waals surface area contributed by atoms with Crippen LogP contribution in [-0.4, -0.2) is 27.8 Å². The van der Waals surface area contributed by atoms with Crippen molar-refractivity contribution in [2.75, 3.05) is 5.32 Å². The van der Waals surface area contributed by atoms with E-state index in [9.17, 15) is 19.5 Å². The first kappa shape index (κ1) is 22.3. The number of hydrogen-bond donors (Lipinski definition) is 2. The highest BCUT2D eigenvalue weighted by Crippen LogP contribution is 2.39. The molecule has 6 nitrogen and oxygen atoms in total. The topological polar surface area (TPSA) is 86.7 Å². The number of rotatable bonds is 5. The van der Waals surface area contributed by atoms with Gasteiger partial charge < -0.3 is 15.3 Å². The lowest BCUT2D eigenvalue weighted by molar-refractivity contribution is -0.139. The highest BCUT2D eigenvalue weighted by molar-refractivity contribution is 14.1. The maximum absolute atomic E-state index is 13.9. The molecule has 2 N–H and O–H groups in total. The molecule has 1 heterocycles. The third kappa shape index (κ3) is 4.49. The normalized spacial score (nSPS) is 16.7. The fourth-order valence-corrected chi connectivity index (χ4v) is 4.50. The molecule has 3 aromatic rings. The molecule has 0 aromatic heterocycles. The number of carboxylic acid groups (broad SMARTS) is 1. The summed E-state index contributed by atoms with van der Waals surface area (Å²) < 4.78 is 0.823. The molecule has 0 saturated heterocycles. The zero-order chi connectivity index (χ0) is 22.8. The van der Waals surface area contributed by atoms with Crippen molar-refractivity contribution in [3.8, 4) is 0 Å². The second kappa shape index (κ2) is 9.30. The van der Waals surface area contributed by atoms with E-state index in [1.807, 2.05) is 6.07 Å². The van der Waals surface area contributed by atoms with Gasteiger partial charge in [-0.25, -0.2) is 0 Å². The molecule has 1 aliphatic heterocycles. The Bertz CT molecular complexity index is 1180. The highest BCUT2D eigenvalue weighted by Gasteiger charge is 2.41. The third-order valence-electron chi connectivity index (χ3n) is 5.30. The van der Waals surface area contributed by atoms with Gasteiger partial charge in [-0.3, -0.25) is 14.4 Å². The fraction of sp³-hybridized carbons (Fsp3) is 0.125. The summed E-state index contributed by atoms with van der Waals surface area (Å²) in [5.74, 6) is -1.92. The fourth-order valence-electron chi connectivity index (χ4n) is 3.88. The number of carbonyl (C=O) groups excluding carboxylic acids is 2. The molecular weight excluding hydrogens is 543 g/mol. The standard InChI is InChI=1S/C24H18ClIN2O4/c25-16-8-6-15(7-9-16)22-23(31)27-19-11-10-17(26)12-18(19)24(32)28(22)20(13-21(29)30)14-4-2-1-3-5-14/h1-12,20,22H,13H2,(H,27,31)(H,29,30). The van der Waals surface area contributed by atoms with Gasteiger partial charge in [-0.2, -0.15) is 0 Å². The van der Waals surface area contributed by atoms with E-state index in [4.69, 9.17) is 11.6 Å². The second-order valence-electron chi connectivity index (χ2n) is 7.37. The van der Waals surface area contributed by atoms with E-state index < -0.39 is 29.9 Å². The van der Waals surface area contributed by atoms with E-state index in [0.717, 1.165) is 3.57 Å². The minimum atomic E-state index is -1.07. The van der Waals surface area contributed by atoms with Crippen molar-refractivity contribution in [2.45, 2.75) is 18.5 Å². The first-order chi connectivity index (χ1) is 15.3. The number of hydrogen-bond acceptors (Lipinski definition) is 3. The number of aliphatic carboxylic acids is 1. The predicted octanol–water partition coefficient (Wildman–Crippen LogP) is 5.30. The van der Waals surface area contributed by atoms with Crippen LogP contribution in [0.2, 0.25) is 5.02 Å². The molecule has 0 bridgehead atoms. The average molecular weight is 561 g/mol. The molecule has 3 aromatic carbocycles. The molecule has 8 heteroatoms. The lowest BCUT2D eigenvalue weighted by Gasteiger charge is -2.36. The van der Waals surface area contributed by atoms with E-state index in [1.54, 1.807) is 66.7 Å². The Labute approximate surface area is 203 Å². The number of nitrogens with zero attached hydrogens (tertiary/aromatic N) is 1. The van der Waals surface area contributed by atoms with Crippen LogP contribution in [0.25, 0.3) is 0 Å². The Morgan fingerprint density at radius 3 is 2.41 bits per heavy atom. The van der Waals surface area contributed by atoms with Gasteiger partial charge in [0.2, 0.25) is 0 Å². The summed E-state index contributed by atoms with van der Waals surface area (Å²) in [5.41, 5.74) is 1.87. The van der Waals surface area contributed by atoms with Crippen molar-refractivity contribution in [3.05, 3.63) is 98.1 Å². The van der Waals surface area contributed by atoms with Crippen molar-refractivity contribution >= 4 is 57.7 Å². The highest BCUT2D eigenvalue weighted by atomic mass is 127. The lowest BCUT2D eigenvalue weighted by atomic mass is 9.96. The van der Waals surface area contributed by atoms with Gasteiger partial charge in [0.15, 0.2) is 0 Å². The Kier molecular flexibility index (Phi) is 6.48. The maximum atomic E-state index is 13.9. The number of halogens is 2. The summed E-state index contributed by atoms with van der Waals surface area (Å²) >= 11 is 8.14. The minimum absolute atomic E-state index is 0.313. The van der Waals surface area contributed by atoms with Crippen LogP contribution in [0.15, 0.2) is 72.8 Å². The minimum Gasteiger partial charge on any atom is -0.481 e. The zero-order valence-corrected chi connectivity index (χ0v) is 19.6. The number of anilines is 1. The van der Waals surface area contributed by atoms with Crippen molar-refractivity contribution in [2.24, 2.45) is 0 Å². The molecular formula is C24H18ClIN2O4. The van der Waals surface area contributed by atoms with Gasteiger partial charge in [-0.15, -0.1) is 0 Å². The molecule has 4 rings (SSSR count). The number of carbonyl (C=O) groups is 3. The molecule has 162 valence electrons. The van der Waals surface area contributed by atoms with E-state index in [1.165, 1.54) is 4.90 Å². The van der Waals surface area contributed by atoms with E-state index >= 15 is 0 Å². The van der Waals surface area contributed by atoms with Crippen LogP contribution >= 0.6 is 34.2 Å². The first-order valence-electron chi connectivity index (χ1n) is 9.80. The quantitative estimate of drug-likeness (QED) is 0.415. The summed E-state index contributed by atoms with van der Waals surface area (Å²) in [7, 11) is 0. The maximum Gasteiger partial charge on any atom is 0.305 e. The Balaban J connectivity index is 1.94. The van der Waals surface area contributed by atoms with Gasteiger partial charge in [0.05, 0.1) is 23.7 Å².